The Labute approximate surface area is 101 Å². The van der Waals surface area contributed by atoms with Crippen LogP contribution in [0.25, 0.3) is 0 Å². The van der Waals surface area contributed by atoms with E-state index in [1.54, 1.807) is 6.92 Å². The van der Waals surface area contributed by atoms with E-state index in [1.807, 2.05) is 13.8 Å². The fourth-order valence-corrected chi connectivity index (χ4v) is 1.24. The third kappa shape index (κ3) is 4.72. The minimum absolute atomic E-state index is 0.142. The van der Waals surface area contributed by atoms with E-state index in [9.17, 15) is 9.59 Å². The molecular formula is C12H20N2O3. The molecule has 17 heavy (non-hydrogen) atoms. The summed E-state index contributed by atoms with van der Waals surface area (Å²) in [5, 5.41) is 2.56. The van der Waals surface area contributed by atoms with E-state index in [0.29, 0.717) is 11.4 Å². The number of carbonyl (C=O) groups is 1. The van der Waals surface area contributed by atoms with Crippen molar-refractivity contribution in [3.8, 4) is 5.88 Å². The van der Waals surface area contributed by atoms with Gasteiger partial charge in [0.05, 0.1) is 19.2 Å². The summed E-state index contributed by atoms with van der Waals surface area (Å²) in [6.45, 7) is 7.34. The van der Waals surface area contributed by atoms with Gasteiger partial charge in [-0.05, 0) is 6.92 Å². The van der Waals surface area contributed by atoms with Crippen LogP contribution in [-0.2, 0) is 11.3 Å². The lowest BCUT2D eigenvalue weighted by Crippen LogP contribution is -2.24. The molecule has 0 radical (unpaired) electrons. The first-order valence-electron chi connectivity index (χ1n) is 5.56. The average Bonchev–Trinajstić information content (AvgIpc) is 2.29. The van der Waals surface area contributed by atoms with E-state index in [1.165, 1.54) is 20.1 Å². The molecule has 1 aromatic rings. The van der Waals surface area contributed by atoms with Crippen LogP contribution < -0.4 is 15.5 Å². The second-order valence-corrected chi connectivity index (χ2v) is 3.24. The van der Waals surface area contributed by atoms with Crippen LogP contribution in [0.3, 0.4) is 0 Å². The van der Waals surface area contributed by atoms with Gasteiger partial charge in [0.2, 0.25) is 5.91 Å². The highest BCUT2D eigenvalue weighted by atomic mass is 16.5. The Hall–Kier alpha value is -1.78. The molecule has 0 bridgehead atoms. The number of methoxy groups -OCH3 is 1. The number of ether oxygens (including phenoxy) is 1. The van der Waals surface area contributed by atoms with Crippen molar-refractivity contribution in [2.45, 2.75) is 34.2 Å². The quantitative estimate of drug-likeness (QED) is 0.837. The molecule has 0 spiro atoms. The van der Waals surface area contributed by atoms with Crippen LogP contribution in [0.5, 0.6) is 5.88 Å². The van der Waals surface area contributed by atoms with Crippen molar-refractivity contribution in [3.05, 3.63) is 27.5 Å². The lowest BCUT2D eigenvalue weighted by Gasteiger charge is -2.08. The summed E-state index contributed by atoms with van der Waals surface area (Å²) >= 11 is 0. The van der Waals surface area contributed by atoms with Crippen LogP contribution in [0.4, 0.5) is 0 Å². The van der Waals surface area contributed by atoms with E-state index < -0.39 is 0 Å². The number of hydrogen-bond donors (Lipinski definition) is 2. The molecule has 2 N–H and O–H groups in total. The Kier molecular flexibility index (Phi) is 6.70. The van der Waals surface area contributed by atoms with Crippen molar-refractivity contribution in [3.63, 3.8) is 0 Å². The standard InChI is InChI=1S/C10H14N2O3.C2H6/c1-6-4-9(14)8(5-11-7(2)13)10(12-6)15-3;1-2/h4H,5H2,1-3H3,(H,11,13)(H,12,14);1-2H3. The Bertz CT molecular complexity index is 424. The third-order valence-electron chi connectivity index (χ3n) is 1.95. The Morgan fingerprint density at radius 1 is 1.47 bits per heavy atom. The number of carbonyl (C=O) groups excluding carboxylic acids is 1. The number of aryl methyl sites for hydroxylation is 1. The minimum Gasteiger partial charge on any atom is -0.482 e. The summed E-state index contributed by atoms with van der Waals surface area (Å²) in [6.07, 6.45) is 0. The first-order chi connectivity index (χ1) is 8.04. The molecule has 5 nitrogen and oxygen atoms in total. The number of pyridine rings is 1. The van der Waals surface area contributed by atoms with Gasteiger partial charge in [-0.2, -0.15) is 0 Å². The van der Waals surface area contributed by atoms with Crippen molar-refractivity contribution < 1.29 is 9.53 Å². The van der Waals surface area contributed by atoms with Gasteiger partial charge in [-0.25, -0.2) is 0 Å². The number of H-pyrrole nitrogens is 1. The highest BCUT2D eigenvalue weighted by Crippen LogP contribution is 2.10. The summed E-state index contributed by atoms with van der Waals surface area (Å²) in [5.41, 5.74) is 1.01. The van der Waals surface area contributed by atoms with E-state index in [-0.39, 0.29) is 17.9 Å². The topological polar surface area (TPSA) is 71.2 Å². The monoisotopic (exact) mass is 240 g/mol. The zero-order valence-electron chi connectivity index (χ0n) is 11.0. The van der Waals surface area contributed by atoms with Gasteiger partial charge in [-0.3, -0.25) is 9.59 Å². The Morgan fingerprint density at radius 3 is 2.53 bits per heavy atom. The van der Waals surface area contributed by atoms with Crippen molar-refractivity contribution >= 4 is 5.91 Å². The third-order valence-corrected chi connectivity index (χ3v) is 1.95. The number of aromatic amines is 1. The molecule has 0 aliphatic rings. The van der Waals surface area contributed by atoms with E-state index in [0.717, 1.165) is 5.69 Å². The molecule has 1 heterocycles. The zero-order valence-corrected chi connectivity index (χ0v) is 11.0. The molecule has 96 valence electrons. The Balaban J connectivity index is 0.00000121. The van der Waals surface area contributed by atoms with Crippen molar-refractivity contribution in [1.82, 2.24) is 10.3 Å². The van der Waals surface area contributed by atoms with Crippen molar-refractivity contribution in [1.29, 1.82) is 0 Å². The molecule has 0 aliphatic heterocycles. The summed E-state index contributed by atoms with van der Waals surface area (Å²) in [4.78, 5) is 25.2. The summed E-state index contributed by atoms with van der Waals surface area (Å²) in [5.74, 6) is 0.214. The van der Waals surface area contributed by atoms with Crippen LogP contribution in [0, 0.1) is 6.92 Å². The average molecular weight is 240 g/mol. The molecule has 1 amide bonds. The number of rotatable bonds is 3. The molecule has 5 heteroatoms. The first kappa shape index (κ1) is 15.2. The number of nitrogens with one attached hydrogen (secondary N) is 2. The van der Waals surface area contributed by atoms with Crippen LogP contribution in [0.15, 0.2) is 10.9 Å². The first-order valence-corrected chi connectivity index (χ1v) is 5.56. The van der Waals surface area contributed by atoms with Gasteiger partial charge in [0.25, 0.3) is 0 Å². The zero-order chi connectivity index (χ0) is 13.4. The smallest absolute Gasteiger partial charge is 0.217 e. The molecule has 0 fully saturated rings. The molecule has 0 unspecified atom stereocenters. The number of amides is 1. The summed E-state index contributed by atoms with van der Waals surface area (Å²) in [7, 11) is 1.47. The molecule has 0 atom stereocenters. The SMILES string of the molecule is CC.COc1[nH]c(C)cc(=O)c1CNC(C)=O. The summed E-state index contributed by atoms with van der Waals surface area (Å²) < 4.78 is 5.03. The van der Waals surface area contributed by atoms with E-state index >= 15 is 0 Å². The molecule has 0 aliphatic carbocycles. The van der Waals surface area contributed by atoms with Gasteiger partial charge in [-0.15, -0.1) is 0 Å². The van der Waals surface area contributed by atoms with Crippen LogP contribution in [0.2, 0.25) is 0 Å². The van der Waals surface area contributed by atoms with Crippen LogP contribution in [0.1, 0.15) is 32.0 Å². The maximum atomic E-state index is 11.6. The van der Waals surface area contributed by atoms with Gasteiger partial charge >= 0.3 is 0 Å². The maximum Gasteiger partial charge on any atom is 0.217 e. The lowest BCUT2D eigenvalue weighted by atomic mass is 10.2. The highest BCUT2D eigenvalue weighted by molar-refractivity contribution is 5.72. The minimum atomic E-state index is -0.183. The van der Waals surface area contributed by atoms with Gasteiger partial charge in [0.1, 0.15) is 0 Å². The number of aromatic nitrogens is 1. The fourth-order valence-electron chi connectivity index (χ4n) is 1.24. The maximum absolute atomic E-state index is 11.6. The van der Waals surface area contributed by atoms with Gasteiger partial charge in [0.15, 0.2) is 11.3 Å². The normalized spacial score (nSPS) is 9.00. The van der Waals surface area contributed by atoms with Crippen molar-refractivity contribution in [2.24, 2.45) is 0 Å². The molecule has 0 aromatic carbocycles. The van der Waals surface area contributed by atoms with Gasteiger partial charge in [-0.1, -0.05) is 13.8 Å². The lowest BCUT2D eigenvalue weighted by molar-refractivity contribution is -0.119. The molecule has 1 rings (SSSR count). The Morgan fingerprint density at radius 2 is 2.06 bits per heavy atom. The molecule has 0 saturated carbocycles. The highest BCUT2D eigenvalue weighted by Gasteiger charge is 2.09. The fraction of sp³-hybridized carbons (Fsp3) is 0.500. The van der Waals surface area contributed by atoms with Crippen LogP contribution >= 0.6 is 0 Å². The summed E-state index contributed by atoms with van der Waals surface area (Å²) in [6, 6.07) is 1.47. The van der Waals surface area contributed by atoms with Gasteiger partial charge < -0.3 is 15.0 Å². The van der Waals surface area contributed by atoms with Crippen molar-refractivity contribution in [2.75, 3.05) is 7.11 Å². The van der Waals surface area contributed by atoms with Crippen LogP contribution in [-0.4, -0.2) is 18.0 Å². The largest absolute Gasteiger partial charge is 0.482 e. The molecular weight excluding hydrogens is 220 g/mol. The predicted octanol–water partition coefficient (Wildman–Crippen LogP) is 1.35. The second-order valence-electron chi connectivity index (χ2n) is 3.24. The predicted molar refractivity (Wildman–Crippen MR) is 67.2 cm³/mol. The number of hydrogen-bond acceptors (Lipinski definition) is 3. The second kappa shape index (κ2) is 7.49. The van der Waals surface area contributed by atoms with Gasteiger partial charge in [0, 0.05) is 18.7 Å². The molecule has 1 aromatic heterocycles. The van der Waals surface area contributed by atoms with E-state index in [4.69, 9.17) is 4.74 Å². The van der Waals surface area contributed by atoms with E-state index in [2.05, 4.69) is 10.3 Å². The molecule has 0 saturated heterocycles.